The molecule has 0 saturated carbocycles. The molecule has 0 spiro atoms. The normalized spacial score (nSPS) is 13.8. The molecule has 1 aliphatic heterocycles. The van der Waals surface area contributed by atoms with Gasteiger partial charge in [-0.05, 0) is 6.42 Å². The van der Waals surface area contributed by atoms with Crippen molar-refractivity contribution in [2.75, 3.05) is 0 Å². The fraction of sp³-hybridized carbons (Fsp3) is 0.773. The largest absolute Gasteiger partial charge is 0.294 e. The van der Waals surface area contributed by atoms with Crippen molar-refractivity contribution in [2.45, 2.75) is 110 Å². The molecule has 1 N–H and O–H groups in total. The summed E-state index contributed by atoms with van der Waals surface area (Å²) < 4.78 is 0. The molecular weight excluding hydrogens is 326 g/mol. The predicted molar refractivity (Wildman–Crippen MR) is 106 cm³/mol. The van der Waals surface area contributed by atoms with Gasteiger partial charge in [0.15, 0.2) is 5.78 Å². The van der Waals surface area contributed by atoms with Gasteiger partial charge in [0.25, 0.3) is 11.8 Å². The number of amides is 2. The van der Waals surface area contributed by atoms with Crippen LogP contribution in [0.2, 0.25) is 0 Å². The second-order valence-electron chi connectivity index (χ2n) is 7.50. The molecule has 0 aromatic rings. The Morgan fingerprint density at radius 2 is 1.15 bits per heavy atom. The zero-order valence-electron chi connectivity index (χ0n) is 16.6. The number of rotatable bonds is 17. The van der Waals surface area contributed by atoms with Crippen molar-refractivity contribution in [1.29, 1.82) is 0 Å². The molecule has 2 amide bonds. The molecule has 0 atom stereocenters. The maximum absolute atomic E-state index is 11.9. The zero-order chi connectivity index (χ0) is 19.0. The van der Waals surface area contributed by atoms with E-state index in [2.05, 4.69) is 12.2 Å². The summed E-state index contributed by atoms with van der Waals surface area (Å²) in [7, 11) is 0. The van der Waals surface area contributed by atoms with Crippen molar-refractivity contribution in [2.24, 2.45) is 0 Å². The molecule has 148 valence electrons. The maximum Gasteiger partial charge on any atom is 0.261 e. The van der Waals surface area contributed by atoms with Gasteiger partial charge in [0.05, 0.1) is 5.57 Å². The van der Waals surface area contributed by atoms with Crippen molar-refractivity contribution < 1.29 is 14.4 Å². The Kier molecular flexibility index (Phi) is 12.8. The van der Waals surface area contributed by atoms with Crippen LogP contribution in [-0.2, 0) is 14.4 Å². The van der Waals surface area contributed by atoms with Gasteiger partial charge in [-0.15, -0.1) is 0 Å². The van der Waals surface area contributed by atoms with Gasteiger partial charge < -0.3 is 0 Å². The summed E-state index contributed by atoms with van der Waals surface area (Å²) in [5, 5.41) is 2.11. The number of nitrogens with one attached hydrogen (secondary N) is 1. The van der Waals surface area contributed by atoms with Gasteiger partial charge in [-0.2, -0.15) is 0 Å². The molecule has 0 aromatic carbocycles. The molecule has 26 heavy (non-hydrogen) atoms. The number of Topliss-reactive ketones (excluding diaryl/α,β-unsaturated/α-hetero) is 1. The minimum absolute atomic E-state index is 0.0281. The molecule has 0 aromatic heterocycles. The highest BCUT2D eigenvalue weighted by atomic mass is 16.2. The fourth-order valence-electron chi connectivity index (χ4n) is 3.41. The Morgan fingerprint density at radius 3 is 1.54 bits per heavy atom. The highest BCUT2D eigenvalue weighted by Crippen LogP contribution is 2.15. The van der Waals surface area contributed by atoms with Crippen LogP contribution in [0.3, 0.4) is 0 Å². The first-order valence-electron chi connectivity index (χ1n) is 10.8. The first-order chi connectivity index (χ1) is 12.6. The van der Waals surface area contributed by atoms with Crippen LogP contribution in [0, 0.1) is 0 Å². The van der Waals surface area contributed by atoms with Crippen LogP contribution in [0.25, 0.3) is 0 Å². The van der Waals surface area contributed by atoms with E-state index >= 15 is 0 Å². The minimum atomic E-state index is -0.541. The average molecular weight is 364 g/mol. The van der Waals surface area contributed by atoms with Crippen molar-refractivity contribution in [3.8, 4) is 0 Å². The minimum Gasteiger partial charge on any atom is -0.294 e. The number of hydrogen-bond acceptors (Lipinski definition) is 3. The summed E-state index contributed by atoms with van der Waals surface area (Å²) >= 11 is 0. The molecular formula is C22H37NO3. The number of carbonyl (C=O) groups excluding carboxylic acids is 3. The van der Waals surface area contributed by atoms with Crippen LogP contribution < -0.4 is 5.32 Å². The number of carbonyl (C=O) groups is 3. The number of unbranched alkanes of at least 4 members (excludes halogenated alkanes) is 14. The zero-order valence-corrected chi connectivity index (χ0v) is 16.6. The van der Waals surface area contributed by atoms with Crippen molar-refractivity contribution >= 4 is 17.6 Å². The van der Waals surface area contributed by atoms with E-state index in [1.165, 1.54) is 77.0 Å². The fourth-order valence-corrected chi connectivity index (χ4v) is 3.41. The van der Waals surface area contributed by atoms with E-state index < -0.39 is 11.8 Å². The molecule has 1 rings (SSSR count). The summed E-state index contributed by atoms with van der Waals surface area (Å²) in [6, 6.07) is 0. The lowest BCUT2D eigenvalue weighted by Crippen LogP contribution is -2.24. The molecule has 4 nitrogen and oxygen atoms in total. The maximum atomic E-state index is 11.9. The Labute approximate surface area is 159 Å². The standard InChI is InChI=1S/C22H37NO3/c1-2-3-4-5-6-7-8-9-10-11-12-13-14-15-16-17-20(24)19-18-21(25)23-22(19)26/h18H,2-17H2,1H3,(H,23,25,26). The van der Waals surface area contributed by atoms with Crippen LogP contribution in [-0.4, -0.2) is 17.6 Å². The van der Waals surface area contributed by atoms with Gasteiger partial charge in [-0.3, -0.25) is 19.7 Å². The van der Waals surface area contributed by atoms with E-state index in [0.29, 0.717) is 6.42 Å². The van der Waals surface area contributed by atoms with E-state index in [-0.39, 0.29) is 11.4 Å². The third kappa shape index (κ3) is 10.5. The second kappa shape index (κ2) is 14.7. The van der Waals surface area contributed by atoms with E-state index in [1.54, 1.807) is 0 Å². The summed E-state index contributed by atoms with van der Waals surface area (Å²) in [6.07, 6.45) is 20.8. The van der Waals surface area contributed by atoms with Crippen LogP contribution in [0.4, 0.5) is 0 Å². The molecule has 0 unspecified atom stereocenters. The van der Waals surface area contributed by atoms with Crippen LogP contribution >= 0.6 is 0 Å². The second-order valence-corrected chi connectivity index (χ2v) is 7.50. The molecule has 0 fully saturated rings. The van der Waals surface area contributed by atoms with Crippen molar-refractivity contribution in [3.05, 3.63) is 11.6 Å². The predicted octanol–water partition coefficient (Wildman–Crippen LogP) is 5.40. The van der Waals surface area contributed by atoms with Crippen molar-refractivity contribution in [1.82, 2.24) is 5.32 Å². The molecule has 1 aliphatic rings. The molecule has 0 saturated heterocycles. The lowest BCUT2D eigenvalue weighted by molar-refractivity contribution is -0.125. The number of ketones is 1. The molecule has 0 bridgehead atoms. The van der Waals surface area contributed by atoms with Gasteiger partial charge >= 0.3 is 0 Å². The summed E-state index contributed by atoms with van der Waals surface area (Å²) in [5.74, 6) is -1.22. The average Bonchev–Trinajstić information content (AvgIpc) is 2.96. The van der Waals surface area contributed by atoms with Gasteiger partial charge in [-0.1, -0.05) is 96.8 Å². The Morgan fingerprint density at radius 1 is 0.731 bits per heavy atom. The number of hydrogen-bond donors (Lipinski definition) is 1. The van der Waals surface area contributed by atoms with Crippen LogP contribution in [0.15, 0.2) is 11.6 Å². The van der Waals surface area contributed by atoms with E-state index in [9.17, 15) is 14.4 Å². The lowest BCUT2D eigenvalue weighted by atomic mass is 10.0. The first-order valence-corrected chi connectivity index (χ1v) is 10.8. The monoisotopic (exact) mass is 363 g/mol. The van der Waals surface area contributed by atoms with Crippen LogP contribution in [0.1, 0.15) is 110 Å². The van der Waals surface area contributed by atoms with E-state index in [4.69, 9.17) is 0 Å². The summed E-state index contributed by atoms with van der Waals surface area (Å²) in [5.41, 5.74) is 0.0281. The highest BCUT2D eigenvalue weighted by Gasteiger charge is 2.25. The molecule has 0 aliphatic carbocycles. The third-order valence-electron chi connectivity index (χ3n) is 5.06. The molecule has 1 heterocycles. The summed E-state index contributed by atoms with van der Waals surface area (Å²) in [4.78, 5) is 34.2. The SMILES string of the molecule is CCCCCCCCCCCCCCCCCC(=O)C1=CC(=O)NC1=O. The van der Waals surface area contributed by atoms with E-state index in [1.807, 2.05) is 0 Å². The third-order valence-corrected chi connectivity index (χ3v) is 5.06. The van der Waals surface area contributed by atoms with Gasteiger partial charge in [-0.25, -0.2) is 0 Å². The Hall–Kier alpha value is -1.45. The first kappa shape index (κ1) is 22.6. The smallest absolute Gasteiger partial charge is 0.261 e. The van der Waals surface area contributed by atoms with Gasteiger partial charge in [0.1, 0.15) is 0 Å². The quantitative estimate of drug-likeness (QED) is 0.214. The van der Waals surface area contributed by atoms with Crippen molar-refractivity contribution in [3.63, 3.8) is 0 Å². The van der Waals surface area contributed by atoms with Gasteiger partial charge in [0, 0.05) is 12.5 Å². The Bertz CT molecular complexity index is 468. The molecule has 4 heteroatoms. The van der Waals surface area contributed by atoms with Gasteiger partial charge in [0.2, 0.25) is 0 Å². The van der Waals surface area contributed by atoms with E-state index in [0.717, 1.165) is 25.3 Å². The topological polar surface area (TPSA) is 63.2 Å². The lowest BCUT2D eigenvalue weighted by Gasteiger charge is -2.03. The number of imide groups is 1. The molecule has 0 radical (unpaired) electrons. The summed E-state index contributed by atoms with van der Waals surface area (Å²) in [6.45, 7) is 2.26. The Balaban J connectivity index is 1.82. The van der Waals surface area contributed by atoms with Crippen LogP contribution in [0.5, 0.6) is 0 Å². The highest BCUT2D eigenvalue weighted by molar-refractivity contribution is 6.30.